The number of fused-ring (bicyclic) bond motifs is 3. The van der Waals surface area contributed by atoms with Gasteiger partial charge in [-0.2, -0.15) is 13.2 Å². The molecule has 0 bridgehead atoms. The first-order valence-electron chi connectivity index (χ1n) is 11.2. The molecule has 1 N–H and O–H groups in total. The number of nitrogens with zero attached hydrogens (tertiary/aromatic N) is 1. The van der Waals surface area contributed by atoms with E-state index in [1.54, 1.807) is 13.8 Å². The second kappa shape index (κ2) is 8.77. The van der Waals surface area contributed by atoms with Gasteiger partial charge in [0.1, 0.15) is 5.75 Å². The van der Waals surface area contributed by atoms with Crippen molar-refractivity contribution in [3.63, 3.8) is 0 Å². The second-order valence-electron chi connectivity index (χ2n) is 8.96. The molecule has 1 unspecified atom stereocenters. The van der Waals surface area contributed by atoms with Crippen molar-refractivity contribution >= 4 is 11.6 Å². The van der Waals surface area contributed by atoms with Gasteiger partial charge < -0.3 is 10.1 Å². The van der Waals surface area contributed by atoms with Gasteiger partial charge in [-0.05, 0) is 72.7 Å². The van der Waals surface area contributed by atoms with Gasteiger partial charge in [-0.15, -0.1) is 0 Å². The summed E-state index contributed by atoms with van der Waals surface area (Å²) in [5.74, 6) is -0.841. The molecule has 2 aliphatic heterocycles. The number of methoxy groups -OCH3 is 1. The molecular weight excluding hydrogens is 417 g/mol. The van der Waals surface area contributed by atoms with E-state index in [2.05, 4.69) is 10.2 Å². The number of hydrogen-bond acceptors (Lipinski definition) is 3. The van der Waals surface area contributed by atoms with E-state index in [1.165, 1.54) is 37.1 Å². The van der Waals surface area contributed by atoms with E-state index in [0.717, 1.165) is 32.0 Å². The SMILES string of the molecule is COc1cc(C(C)C)c(C(F)(F)F)cc1C(=O)Nc1ccc2c(c1)C1CCCCN1CC2. The average Bonchev–Trinajstić information content (AvgIpc) is 2.77. The van der Waals surface area contributed by atoms with Crippen LogP contribution in [0, 0.1) is 0 Å². The second-order valence-corrected chi connectivity index (χ2v) is 8.96. The largest absolute Gasteiger partial charge is 0.496 e. The van der Waals surface area contributed by atoms with E-state index >= 15 is 0 Å². The van der Waals surface area contributed by atoms with Gasteiger partial charge in [0.25, 0.3) is 5.91 Å². The van der Waals surface area contributed by atoms with Crippen LogP contribution in [-0.2, 0) is 12.6 Å². The molecule has 0 radical (unpaired) electrons. The van der Waals surface area contributed by atoms with Crippen LogP contribution in [-0.4, -0.2) is 31.0 Å². The Hall–Kier alpha value is -2.54. The van der Waals surface area contributed by atoms with Crippen LogP contribution < -0.4 is 10.1 Å². The third-order valence-corrected chi connectivity index (χ3v) is 6.59. The summed E-state index contributed by atoms with van der Waals surface area (Å²) in [5, 5.41) is 2.80. The monoisotopic (exact) mass is 446 g/mol. The highest BCUT2D eigenvalue weighted by molar-refractivity contribution is 6.06. The lowest BCUT2D eigenvalue weighted by Crippen LogP contribution is -2.38. The van der Waals surface area contributed by atoms with Gasteiger partial charge in [0.15, 0.2) is 0 Å². The smallest absolute Gasteiger partial charge is 0.416 e. The summed E-state index contributed by atoms with van der Waals surface area (Å²) in [5.41, 5.74) is 2.26. The molecule has 4 rings (SSSR count). The highest BCUT2D eigenvalue weighted by Crippen LogP contribution is 2.40. The Kier molecular flexibility index (Phi) is 6.21. The molecule has 2 aromatic carbocycles. The fourth-order valence-corrected chi connectivity index (χ4v) is 4.95. The molecule has 32 heavy (non-hydrogen) atoms. The molecule has 172 valence electrons. The molecule has 1 amide bonds. The molecule has 2 aliphatic rings. The fourth-order valence-electron chi connectivity index (χ4n) is 4.95. The molecule has 1 atom stereocenters. The Labute approximate surface area is 186 Å². The minimum absolute atomic E-state index is 0.108. The van der Waals surface area contributed by atoms with E-state index in [9.17, 15) is 18.0 Å². The third kappa shape index (κ3) is 4.35. The van der Waals surface area contributed by atoms with E-state index in [4.69, 9.17) is 4.74 Å². The van der Waals surface area contributed by atoms with Crippen molar-refractivity contribution in [1.29, 1.82) is 0 Å². The standard InChI is InChI=1S/C25H29F3N2O2/c1-15(2)18-14-23(32-3)20(13-21(18)25(26,27)28)24(31)29-17-8-7-16-9-11-30-10-5-4-6-22(30)19(16)12-17/h7-8,12-15,22H,4-6,9-11H2,1-3H3,(H,29,31). The van der Waals surface area contributed by atoms with Crippen molar-refractivity contribution in [2.45, 2.75) is 57.7 Å². The van der Waals surface area contributed by atoms with E-state index < -0.39 is 17.6 Å². The normalized spacial score (nSPS) is 18.8. The fraction of sp³-hybridized carbons (Fsp3) is 0.480. The van der Waals surface area contributed by atoms with Gasteiger partial charge in [0, 0.05) is 18.3 Å². The number of hydrogen-bond donors (Lipinski definition) is 1. The number of amides is 1. The summed E-state index contributed by atoms with van der Waals surface area (Å²) < 4.78 is 46.3. The maximum atomic E-state index is 13.7. The maximum absolute atomic E-state index is 13.7. The molecule has 0 aromatic heterocycles. The molecule has 7 heteroatoms. The number of nitrogens with one attached hydrogen (secondary N) is 1. The predicted octanol–water partition coefficient (Wildman–Crippen LogP) is 6.17. The number of carbonyl (C=O) groups is 1. The lowest BCUT2D eigenvalue weighted by Gasteiger charge is -2.40. The minimum Gasteiger partial charge on any atom is -0.496 e. The molecule has 0 aliphatic carbocycles. The van der Waals surface area contributed by atoms with Crippen molar-refractivity contribution in [2.24, 2.45) is 0 Å². The number of piperidine rings is 1. The summed E-state index contributed by atoms with van der Waals surface area (Å²) in [6.07, 6.45) is -0.118. The zero-order chi connectivity index (χ0) is 23.0. The van der Waals surface area contributed by atoms with Gasteiger partial charge in [0.05, 0.1) is 18.2 Å². The van der Waals surface area contributed by atoms with Gasteiger partial charge in [-0.25, -0.2) is 0 Å². The quantitative estimate of drug-likeness (QED) is 0.610. The number of rotatable bonds is 4. The van der Waals surface area contributed by atoms with E-state index in [0.29, 0.717) is 11.7 Å². The summed E-state index contributed by atoms with van der Waals surface area (Å²) in [6.45, 7) is 5.50. The van der Waals surface area contributed by atoms with Crippen LogP contribution in [0.3, 0.4) is 0 Å². The van der Waals surface area contributed by atoms with Gasteiger partial charge in [-0.3, -0.25) is 9.69 Å². The average molecular weight is 447 g/mol. The maximum Gasteiger partial charge on any atom is 0.416 e. The molecule has 0 saturated carbocycles. The molecule has 1 saturated heterocycles. The van der Waals surface area contributed by atoms with Crippen molar-refractivity contribution in [3.8, 4) is 5.75 Å². The van der Waals surface area contributed by atoms with Crippen LogP contribution in [0.15, 0.2) is 30.3 Å². The van der Waals surface area contributed by atoms with Gasteiger partial charge in [-0.1, -0.05) is 26.3 Å². The van der Waals surface area contributed by atoms with Crippen molar-refractivity contribution < 1.29 is 22.7 Å². The number of halogens is 3. The number of carbonyl (C=O) groups excluding carboxylic acids is 1. The minimum atomic E-state index is -4.56. The van der Waals surface area contributed by atoms with Crippen LogP contribution in [0.5, 0.6) is 5.75 Å². The van der Waals surface area contributed by atoms with E-state index in [1.807, 2.05) is 18.2 Å². The number of alkyl halides is 3. The molecule has 4 nitrogen and oxygen atoms in total. The van der Waals surface area contributed by atoms with Gasteiger partial charge in [0.2, 0.25) is 0 Å². The summed E-state index contributed by atoms with van der Waals surface area (Å²) in [7, 11) is 1.36. The molecular formula is C25H29F3N2O2. The van der Waals surface area contributed by atoms with Crippen LogP contribution in [0.2, 0.25) is 0 Å². The highest BCUT2D eigenvalue weighted by atomic mass is 19.4. The van der Waals surface area contributed by atoms with E-state index in [-0.39, 0.29) is 22.8 Å². The van der Waals surface area contributed by atoms with Crippen LogP contribution >= 0.6 is 0 Å². The summed E-state index contributed by atoms with van der Waals surface area (Å²) >= 11 is 0. The van der Waals surface area contributed by atoms with Crippen LogP contribution in [0.1, 0.15) is 77.7 Å². The van der Waals surface area contributed by atoms with Crippen molar-refractivity contribution in [2.75, 3.05) is 25.5 Å². The summed E-state index contributed by atoms with van der Waals surface area (Å²) in [4.78, 5) is 15.5. The zero-order valence-electron chi connectivity index (χ0n) is 18.7. The van der Waals surface area contributed by atoms with Crippen molar-refractivity contribution in [1.82, 2.24) is 4.90 Å². The number of anilines is 1. The van der Waals surface area contributed by atoms with Gasteiger partial charge >= 0.3 is 6.18 Å². The van der Waals surface area contributed by atoms with Crippen LogP contribution in [0.4, 0.5) is 18.9 Å². The Balaban J connectivity index is 1.66. The Morgan fingerprint density at radius 1 is 1.16 bits per heavy atom. The predicted molar refractivity (Wildman–Crippen MR) is 118 cm³/mol. The number of ether oxygens (including phenoxy) is 1. The zero-order valence-corrected chi connectivity index (χ0v) is 18.7. The van der Waals surface area contributed by atoms with Crippen molar-refractivity contribution in [3.05, 3.63) is 58.1 Å². The highest BCUT2D eigenvalue weighted by Gasteiger charge is 2.36. The molecule has 0 spiro atoms. The summed E-state index contributed by atoms with van der Waals surface area (Å²) in [6, 6.07) is 8.42. The first kappa shape index (κ1) is 22.6. The molecule has 2 aromatic rings. The topological polar surface area (TPSA) is 41.6 Å². The van der Waals surface area contributed by atoms with Crippen LogP contribution in [0.25, 0.3) is 0 Å². The Morgan fingerprint density at radius 3 is 2.62 bits per heavy atom. The molecule has 1 fully saturated rings. The Bertz CT molecular complexity index is 1020. The Morgan fingerprint density at radius 2 is 1.94 bits per heavy atom. The first-order valence-corrected chi connectivity index (χ1v) is 11.2. The lowest BCUT2D eigenvalue weighted by molar-refractivity contribution is -0.138. The molecule has 2 heterocycles. The number of benzene rings is 2. The lowest BCUT2D eigenvalue weighted by atomic mass is 9.86. The first-order chi connectivity index (χ1) is 15.2. The third-order valence-electron chi connectivity index (χ3n) is 6.59.